The summed E-state index contributed by atoms with van der Waals surface area (Å²) in [7, 11) is 0. The average Bonchev–Trinajstić information content (AvgIpc) is 3.20. The van der Waals surface area contributed by atoms with Crippen molar-refractivity contribution in [3.05, 3.63) is 38.7 Å². The van der Waals surface area contributed by atoms with E-state index in [2.05, 4.69) is 6.07 Å². The van der Waals surface area contributed by atoms with E-state index in [0.29, 0.717) is 9.71 Å². The molecule has 1 aliphatic carbocycles. The summed E-state index contributed by atoms with van der Waals surface area (Å²) in [5, 5.41) is 9.65. The smallest absolute Gasteiger partial charge is 0.325 e. The van der Waals surface area contributed by atoms with Gasteiger partial charge in [-0.05, 0) is 57.0 Å². The molecule has 2 atom stereocenters. The van der Waals surface area contributed by atoms with Gasteiger partial charge in [-0.2, -0.15) is 5.26 Å². The van der Waals surface area contributed by atoms with E-state index >= 15 is 0 Å². The van der Waals surface area contributed by atoms with Gasteiger partial charge < -0.3 is 13.7 Å². The van der Waals surface area contributed by atoms with Gasteiger partial charge in [-0.15, -0.1) is 11.3 Å². The molecule has 0 fully saturated rings. The van der Waals surface area contributed by atoms with Crippen molar-refractivity contribution in [2.24, 2.45) is 5.92 Å². The summed E-state index contributed by atoms with van der Waals surface area (Å²) >= 11 is 7.14. The number of ether oxygens (including phenoxy) is 1. The predicted molar refractivity (Wildman–Crippen MR) is 92.4 cm³/mol. The first-order valence-corrected chi connectivity index (χ1v) is 9.22. The zero-order valence-electron chi connectivity index (χ0n) is 13.4. The second-order valence-corrected chi connectivity index (χ2v) is 7.36. The average molecular weight is 362 g/mol. The van der Waals surface area contributed by atoms with Gasteiger partial charge in [0.2, 0.25) is 0 Å². The molecule has 0 aliphatic heterocycles. The van der Waals surface area contributed by atoms with Gasteiger partial charge in [-0.3, -0.25) is 4.79 Å². The zero-order valence-corrected chi connectivity index (χ0v) is 15.0. The van der Waals surface area contributed by atoms with Crippen LogP contribution >= 0.6 is 23.6 Å². The van der Waals surface area contributed by atoms with Gasteiger partial charge in [0.25, 0.3) is 0 Å². The molecule has 2 unspecified atom stereocenters. The second-order valence-electron chi connectivity index (χ2n) is 5.63. The van der Waals surface area contributed by atoms with Crippen LogP contribution in [0.2, 0.25) is 0 Å². The quantitative estimate of drug-likeness (QED) is 0.593. The van der Waals surface area contributed by atoms with Crippen LogP contribution in [-0.2, 0) is 22.4 Å². The Morgan fingerprint density at radius 2 is 2.33 bits per heavy atom. The van der Waals surface area contributed by atoms with Crippen LogP contribution < -0.4 is 0 Å². The number of nitrogens with zero attached hydrogens (tertiary/aromatic N) is 2. The summed E-state index contributed by atoms with van der Waals surface area (Å²) in [6, 6.07) is 5.05. The van der Waals surface area contributed by atoms with Crippen molar-refractivity contribution in [2.75, 3.05) is 6.61 Å². The SMILES string of the molecule is CCOC(=O)C(C#N)C(c1ccco1)n1c2c(sc1=S)CCCC2. The third-order valence-corrected chi connectivity index (χ3v) is 5.70. The van der Waals surface area contributed by atoms with Gasteiger partial charge in [0.15, 0.2) is 9.87 Å². The van der Waals surface area contributed by atoms with Gasteiger partial charge in [-0.25, -0.2) is 0 Å². The van der Waals surface area contributed by atoms with Crippen LogP contribution in [0.25, 0.3) is 0 Å². The molecule has 5 nitrogen and oxygen atoms in total. The molecule has 0 N–H and O–H groups in total. The number of hydrogen-bond donors (Lipinski definition) is 0. The Kier molecular flexibility index (Phi) is 5.17. The maximum absolute atomic E-state index is 12.4. The molecule has 0 bridgehead atoms. The molecule has 126 valence electrons. The lowest BCUT2D eigenvalue weighted by molar-refractivity contribution is -0.147. The number of esters is 1. The van der Waals surface area contributed by atoms with Crippen LogP contribution in [0, 0.1) is 21.2 Å². The van der Waals surface area contributed by atoms with E-state index in [9.17, 15) is 10.1 Å². The Morgan fingerprint density at radius 3 is 3.00 bits per heavy atom. The fourth-order valence-corrected chi connectivity index (χ4v) is 4.78. The third-order valence-electron chi connectivity index (χ3n) is 4.20. The Labute approximate surface area is 149 Å². The van der Waals surface area contributed by atoms with Crippen molar-refractivity contribution in [1.82, 2.24) is 4.57 Å². The monoisotopic (exact) mass is 362 g/mol. The minimum absolute atomic E-state index is 0.231. The third kappa shape index (κ3) is 3.04. The molecule has 2 aromatic rings. The van der Waals surface area contributed by atoms with Crippen molar-refractivity contribution in [3.8, 4) is 6.07 Å². The van der Waals surface area contributed by atoms with Gasteiger partial charge >= 0.3 is 5.97 Å². The van der Waals surface area contributed by atoms with Gasteiger partial charge in [-0.1, -0.05) is 0 Å². The number of fused-ring (bicyclic) bond motifs is 1. The Hall–Kier alpha value is -1.91. The van der Waals surface area contributed by atoms with E-state index in [0.717, 1.165) is 31.4 Å². The molecule has 24 heavy (non-hydrogen) atoms. The highest BCUT2D eigenvalue weighted by molar-refractivity contribution is 7.73. The van der Waals surface area contributed by atoms with Crippen LogP contribution in [-0.4, -0.2) is 17.1 Å². The minimum atomic E-state index is -0.997. The molecule has 0 aromatic carbocycles. The summed E-state index contributed by atoms with van der Waals surface area (Å²) in [6.45, 7) is 1.96. The summed E-state index contributed by atoms with van der Waals surface area (Å²) < 4.78 is 13.3. The van der Waals surface area contributed by atoms with Gasteiger partial charge in [0.05, 0.1) is 18.9 Å². The highest BCUT2D eigenvalue weighted by Crippen LogP contribution is 2.36. The Balaban J connectivity index is 2.13. The van der Waals surface area contributed by atoms with Crippen molar-refractivity contribution in [1.29, 1.82) is 5.26 Å². The lowest BCUT2D eigenvalue weighted by Gasteiger charge is -2.24. The van der Waals surface area contributed by atoms with Gasteiger partial charge in [0.1, 0.15) is 11.8 Å². The first-order valence-electron chi connectivity index (χ1n) is 8.00. The lowest BCUT2D eigenvalue weighted by Crippen LogP contribution is -2.29. The van der Waals surface area contributed by atoms with E-state index < -0.39 is 17.9 Å². The van der Waals surface area contributed by atoms with Crippen LogP contribution in [0.3, 0.4) is 0 Å². The molecule has 3 rings (SSSR count). The number of nitriles is 1. The molecule has 0 saturated carbocycles. The molecule has 0 radical (unpaired) electrons. The maximum atomic E-state index is 12.4. The van der Waals surface area contributed by atoms with Crippen LogP contribution in [0.15, 0.2) is 22.8 Å². The lowest BCUT2D eigenvalue weighted by atomic mass is 9.96. The van der Waals surface area contributed by atoms with Crippen LogP contribution in [0.5, 0.6) is 0 Å². The van der Waals surface area contributed by atoms with Crippen LogP contribution in [0.1, 0.15) is 42.1 Å². The predicted octanol–water partition coefficient (Wildman–Crippen LogP) is 4.04. The van der Waals surface area contributed by atoms with E-state index in [-0.39, 0.29) is 6.61 Å². The molecule has 7 heteroatoms. The molecule has 1 aliphatic rings. The molecule has 0 amide bonds. The molecule has 2 heterocycles. The number of thiazole rings is 1. The van der Waals surface area contributed by atoms with Crippen molar-refractivity contribution in [2.45, 2.75) is 38.6 Å². The Morgan fingerprint density at radius 1 is 1.54 bits per heavy atom. The standard InChI is InChI=1S/C17H18N2O3S2/c1-2-21-16(20)11(10-18)15(13-7-5-9-22-13)19-12-6-3-4-8-14(12)24-17(19)23/h5,7,9,11,15H,2-4,6,8H2,1H3. The summed E-state index contributed by atoms with van der Waals surface area (Å²) in [5.74, 6) is -0.987. The van der Waals surface area contributed by atoms with E-state index in [1.807, 2.05) is 4.57 Å². The summed E-state index contributed by atoms with van der Waals surface area (Å²) in [4.78, 5) is 13.6. The first-order chi connectivity index (χ1) is 11.7. The molecule has 0 saturated heterocycles. The number of carbonyl (C=O) groups excluding carboxylic acids is 1. The number of furan rings is 1. The van der Waals surface area contributed by atoms with E-state index in [1.165, 1.54) is 4.88 Å². The fourth-order valence-electron chi connectivity index (χ4n) is 3.16. The zero-order chi connectivity index (χ0) is 17.1. The summed E-state index contributed by atoms with van der Waals surface area (Å²) in [6.07, 6.45) is 5.68. The number of aromatic nitrogens is 1. The second kappa shape index (κ2) is 7.32. The Bertz CT molecular complexity index is 814. The number of hydrogen-bond acceptors (Lipinski definition) is 6. The van der Waals surface area contributed by atoms with Crippen molar-refractivity contribution < 1.29 is 13.9 Å². The van der Waals surface area contributed by atoms with Crippen LogP contribution in [0.4, 0.5) is 0 Å². The highest BCUT2D eigenvalue weighted by atomic mass is 32.1. The molecule has 2 aromatic heterocycles. The topological polar surface area (TPSA) is 68.2 Å². The normalized spacial score (nSPS) is 16.0. The number of carbonyl (C=O) groups is 1. The van der Waals surface area contributed by atoms with E-state index in [1.54, 1.807) is 36.7 Å². The molecular formula is C17H18N2O3S2. The number of aryl methyl sites for hydroxylation is 1. The van der Waals surface area contributed by atoms with E-state index in [4.69, 9.17) is 21.4 Å². The van der Waals surface area contributed by atoms with Crippen molar-refractivity contribution >= 4 is 29.5 Å². The maximum Gasteiger partial charge on any atom is 0.325 e. The highest BCUT2D eigenvalue weighted by Gasteiger charge is 2.37. The van der Waals surface area contributed by atoms with Crippen molar-refractivity contribution in [3.63, 3.8) is 0 Å². The van der Waals surface area contributed by atoms with Gasteiger partial charge in [0, 0.05) is 10.6 Å². The largest absolute Gasteiger partial charge is 0.467 e. The molecule has 0 spiro atoms. The summed E-state index contributed by atoms with van der Waals surface area (Å²) in [5.41, 5.74) is 1.13. The fraction of sp³-hybridized carbons (Fsp3) is 0.471. The number of rotatable bonds is 5. The first kappa shape index (κ1) is 16.9. The molecular weight excluding hydrogens is 344 g/mol. The minimum Gasteiger partial charge on any atom is -0.467 e.